The van der Waals surface area contributed by atoms with Gasteiger partial charge in [-0.05, 0) is 30.7 Å². The van der Waals surface area contributed by atoms with Crippen LogP contribution in [0.4, 0.5) is 10.1 Å². The summed E-state index contributed by atoms with van der Waals surface area (Å²) >= 11 is 0. The summed E-state index contributed by atoms with van der Waals surface area (Å²) in [6.45, 7) is 0.597. The van der Waals surface area contributed by atoms with E-state index in [0.717, 1.165) is 0 Å². The van der Waals surface area contributed by atoms with Gasteiger partial charge in [-0.2, -0.15) is 0 Å². The van der Waals surface area contributed by atoms with Crippen LogP contribution in [0.2, 0.25) is 0 Å². The Hall–Kier alpha value is -3.26. The third-order valence-electron chi connectivity index (χ3n) is 4.24. The van der Waals surface area contributed by atoms with E-state index in [-0.39, 0.29) is 30.2 Å². The molecule has 2 N–H and O–H groups in total. The topological polar surface area (TPSA) is 93.3 Å². The third-order valence-corrected chi connectivity index (χ3v) is 4.24. The lowest BCUT2D eigenvalue weighted by Crippen LogP contribution is -2.14. The number of amides is 1. The Kier molecular flexibility index (Phi) is 6.91. The van der Waals surface area contributed by atoms with E-state index in [9.17, 15) is 14.0 Å². The molecule has 29 heavy (non-hydrogen) atoms. The SMILES string of the molecule is COCCOc1ccc(NC(=O)CCCc2nc3ccccc3c(=O)[nH]2)cc1F. The van der Waals surface area contributed by atoms with Crippen molar-refractivity contribution in [3.8, 4) is 5.75 Å². The molecule has 0 bridgehead atoms. The molecule has 0 atom stereocenters. The van der Waals surface area contributed by atoms with Gasteiger partial charge in [0.1, 0.15) is 12.4 Å². The summed E-state index contributed by atoms with van der Waals surface area (Å²) in [5.41, 5.74) is 0.779. The van der Waals surface area contributed by atoms with Crippen LogP contribution in [0.15, 0.2) is 47.3 Å². The molecular formula is C21H22FN3O4. The minimum Gasteiger partial charge on any atom is -0.488 e. The number of rotatable bonds is 9. The van der Waals surface area contributed by atoms with Gasteiger partial charge in [0.15, 0.2) is 11.6 Å². The normalized spacial score (nSPS) is 10.8. The predicted octanol–water partition coefficient (Wildman–Crippen LogP) is 3.05. The summed E-state index contributed by atoms with van der Waals surface area (Å²) in [4.78, 5) is 31.3. The second kappa shape index (κ2) is 9.79. The van der Waals surface area contributed by atoms with Gasteiger partial charge < -0.3 is 19.8 Å². The summed E-state index contributed by atoms with van der Waals surface area (Å²) < 4.78 is 24.1. The number of benzene rings is 2. The zero-order valence-electron chi connectivity index (χ0n) is 16.0. The molecule has 1 amide bonds. The van der Waals surface area contributed by atoms with E-state index in [0.29, 0.717) is 41.9 Å². The molecule has 0 aliphatic rings. The lowest BCUT2D eigenvalue weighted by molar-refractivity contribution is -0.116. The van der Waals surface area contributed by atoms with Gasteiger partial charge in [0.2, 0.25) is 5.91 Å². The van der Waals surface area contributed by atoms with Gasteiger partial charge in [0, 0.05) is 31.7 Å². The van der Waals surface area contributed by atoms with Crippen molar-refractivity contribution in [2.75, 3.05) is 25.6 Å². The van der Waals surface area contributed by atoms with Crippen molar-refractivity contribution in [2.24, 2.45) is 0 Å². The maximum atomic E-state index is 14.0. The van der Waals surface area contributed by atoms with E-state index in [4.69, 9.17) is 9.47 Å². The number of methoxy groups -OCH3 is 1. The van der Waals surface area contributed by atoms with E-state index < -0.39 is 5.82 Å². The Bertz CT molecular complexity index is 1050. The van der Waals surface area contributed by atoms with Crippen LogP contribution in [0.3, 0.4) is 0 Å². The third kappa shape index (κ3) is 5.61. The Morgan fingerprint density at radius 3 is 2.83 bits per heavy atom. The number of nitrogens with one attached hydrogen (secondary N) is 2. The number of hydrogen-bond acceptors (Lipinski definition) is 5. The standard InChI is InChI=1S/C21H22FN3O4/c1-28-11-12-29-18-10-9-14(13-16(18)22)23-20(26)8-4-7-19-24-17-6-3-2-5-15(17)21(27)25-19/h2-3,5-6,9-10,13H,4,7-8,11-12H2,1H3,(H,23,26)(H,24,25,27). The first-order valence-corrected chi connectivity index (χ1v) is 9.26. The van der Waals surface area contributed by atoms with Crippen LogP contribution in [0, 0.1) is 5.82 Å². The highest BCUT2D eigenvalue weighted by molar-refractivity contribution is 5.90. The van der Waals surface area contributed by atoms with E-state index in [1.54, 1.807) is 24.3 Å². The summed E-state index contributed by atoms with van der Waals surface area (Å²) in [5, 5.41) is 3.19. The number of para-hydroxylation sites is 1. The van der Waals surface area contributed by atoms with Crippen molar-refractivity contribution in [2.45, 2.75) is 19.3 Å². The molecule has 0 spiro atoms. The van der Waals surface area contributed by atoms with Crippen LogP contribution >= 0.6 is 0 Å². The van der Waals surface area contributed by atoms with Gasteiger partial charge in [-0.15, -0.1) is 0 Å². The lowest BCUT2D eigenvalue weighted by atomic mass is 10.2. The average Bonchev–Trinajstić information content (AvgIpc) is 2.70. The number of nitrogens with zero attached hydrogens (tertiary/aromatic N) is 1. The van der Waals surface area contributed by atoms with E-state index >= 15 is 0 Å². The van der Waals surface area contributed by atoms with E-state index in [1.807, 2.05) is 6.07 Å². The first kappa shape index (κ1) is 20.5. The zero-order chi connectivity index (χ0) is 20.6. The Balaban J connectivity index is 1.51. The molecule has 3 aromatic rings. The molecule has 0 saturated heterocycles. The molecule has 0 aliphatic heterocycles. The summed E-state index contributed by atoms with van der Waals surface area (Å²) in [6.07, 6.45) is 1.16. The first-order chi connectivity index (χ1) is 14.1. The number of aromatic nitrogens is 2. The quantitative estimate of drug-likeness (QED) is 0.540. The second-order valence-electron chi connectivity index (χ2n) is 6.42. The Morgan fingerprint density at radius 2 is 2.03 bits per heavy atom. The van der Waals surface area contributed by atoms with Gasteiger partial charge in [-0.25, -0.2) is 9.37 Å². The van der Waals surface area contributed by atoms with Crippen molar-refractivity contribution in [3.63, 3.8) is 0 Å². The molecule has 3 rings (SSSR count). The van der Waals surface area contributed by atoms with Crippen molar-refractivity contribution in [1.82, 2.24) is 9.97 Å². The number of carbonyl (C=O) groups is 1. The molecule has 1 heterocycles. The van der Waals surface area contributed by atoms with Crippen molar-refractivity contribution in [1.29, 1.82) is 0 Å². The highest BCUT2D eigenvalue weighted by Crippen LogP contribution is 2.21. The predicted molar refractivity (Wildman–Crippen MR) is 108 cm³/mol. The fourth-order valence-corrected chi connectivity index (χ4v) is 2.82. The molecule has 7 nitrogen and oxygen atoms in total. The molecule has 152 valence electrons. The summed E-state index contributed by atoms with van der Waals surface area (Å²) in [5.74, 6) is -0.172. The molecule has 0 unspecified atom stereocenters. The molecule has 0 saturated carbocycles. The summed E-state index contributed by atoms with van der Waals surface area (Å²) in [7, 11) is 1.53. The number of hydrogen-bond donors (Lipinski definition) is 2. The molecule has 0 fully saturated rings. The highest BCUT2D eigenvalue weighted by atomic mass is 19.1. The number of fused-ring (bicyclic) bond motifs is 1. The monoisotopic (exact) mass is 399 g/mol. The van der Waals surface area contributed by atoms with Gasteiger partial charge in [0.05, 0.1) is 17.5 Å². The molecule has 2 aromatic carbocycles. The molecule has 1 aromatic heterocycles. The van der Waals surface area contributed by atoms with Gasteiger partial charge in [0.25, 0.3) is 5.56 Å². The number of ether oxygens (including phenoxy) is 2. The number of H-pyrrole nitrogens is 1. The van der Waals surface area contributed by atoms with E-state index in [1.165, 1.54) is 19.2 Å². The largest absolute Gasteiger partial charge is 0.488 e. The Labute approximate surface area is 166 Å². The molecule has 0 aliphatic carbocycles. The van der Waals surface area contributed by atoms with Crippen molar-refractivity contribution < 1.29 is 18.7 Å². The number of halogens is 1. The van der Waals surface area contributed by atoms with Crippen LogP contribution in [0.25, 0.3) is 10.9 Å². The smallest absolute Gasteiger partial charge is 0.258 e. The second-order valence-corrected chi connectivity index (χ2v) is 6.42. The van der Waals surface area contributed by atoms with Crippen LogP contribution in [-0.4, -0.2) is 36.2 Å². The zero-order valence-corrected chi connectivity index (χ0v) is 16.0. The van der Waals surface area contributed by atoms with Crippen LogP contribution in [0.5, 0.6) is 5.75 Å². The van der Waals surface area contributed by atoms with E-state index in [2.05, 4.69) is 15.3 Å². The van der Waals surface area contributed by atoms with Crippen LogP contribution in [0.1, 0.15) is 18.7 Å². The fourth-order valence-electron chi connectivity index (χ4n) is 2.82. The number of aryl methyl sites for hydroxylation is 1. The van der Waals surface area contributed by atoms with Gasteiger partial charge in [-0.3, -0.25) is 9.59 Å². The molecule has 0 radical (unpaired) electrons. The average molecular weight is 399 g/mol. The van der Waals surface area contributed by atoms with Crippen LogP contribution in [-0.2, 0) is 16.0 Å². The fraction of sp³-hybridized carbons (Fsp3) is 0.286. The highest BCUT2D eigenvalue weighted by Gasteiger charge is 2.09. The number of anilines is 1. The van der Waals surface area contributed by atoms with Gasteiger partial charge in [-0.1, -0.05) is 12.1 Å². The molecule has 8 heteroatoms. The first-order valence-electron chi connectivity index (χ1n) is 9.26. The summed E-state index contributed by atoms with van der Waals surface area (Å²) in [6, 6.07) is 11.3. The van der Waals surface area contributed by atoms with Crippen LogP contribution < -0.4 is 15.6 Å². The van der Waals surface area contributed by atoms with Crippen molar-refractivity contribution in [3.05, 3.63) is 64.5 Å². The number of aromatic amines is 1. The minimum atomic E-state index is -0.558. The maximum Gasteiger partial charge on any atom is 0.258 e. The van der Waals surface area contributed by atoms with Gasteiger partial charge >= 0.3 is 0 Å². The van der Waals surface area contributed by atoms with Crippen molar-refractivity contribution >= 4 is 22.5 Å². The molecular weight excluding hydrogens is 377 g/mol. The number of carbonyl (C=O) groups excluding carboxylic acids is 1. The lowest BCUT2D eigenvalue weighted by Gasteiger charge is -2.09. The Morgan fingerprint density at radius 1 is 1.21 bits per heavy atom. The maximum absolute atomic E-state index is 14.0. The minimum absolute atomic E-state index is 0.103.